The SMILES string of the molecule is C/C=C1/CCC2C3C(CC[C@]12C)[C@@]1(C)CC[C@@H](O[Si](C)(C)C(C)(C)C)CC1[C@H]1OC(C)(C)O[C@H]31.COC(=O)/C=C/[C@@H](C)C1=CCC2C3C(CC[C@]12C)[C@@]1(C)CC[C@@H](O[Si](C)(C)C(C)(C)C)CC1[C@H]1OC(C)(C)O[C@H]31.COC(=O)CC[C@@H](C)[C@H]1CCC2C3C(CC[C@@]21C)[C@@]1(C)CC[C@@H](O)CC1[C@H]1OC(C)(C)O[C@H]31.COC(=O)CC[C@@H](C)[C@H]1CCC2C3C(CC[C@@]21C)[C@@]1(C)CC[C@@H](O[Si](C)(C)C(C)(C)C)CC1[C@H]1OC(C)(C)O[C@H]31. The Balaban J connectivity index is 0.000000134. The molecular formula is C126H214O18Si3. The molecule has 147 heavy (non-hydrogen) atoms. The van der Waals surface area contributed by atoms with Gasteiger partial charge in [0.15, 0.2) is 48.1 Å². The van der Waals surface area contributed by atoms with E-state index in [1.165, 1.54) is 149 Å². The van der Waals surface area contributed by atoms with Crippen LogP contribution in [-0.2, 0) is 79.8 Å². The molecule has 0 radical (unpaired) electrons. The Bertz CT molecular complexity index is 4780. The van der Waals surface area contributed by atoms with Crippen LogP contribution < -0.4 is 0 Å². The van der Waals surface area contributed by atoms with Gasteiger partial charge in [-0.25, -0.2) is 4.79 Å². The lowest BCUT2D eigenvalue weighted by molar-refractivity contribution is -0.190. The molecule has 0 aromatic carbocycles. The summed E-state index contributed by atoms with van der Waals surface area (Å²) in [5.74, 6) is 9.43. The number of carbonyl (C=O) groups is 3. The maximum Gasteiger partial charge on any atom is 0.330 e. The molecule has 838 valence electrons. The quantitative estimate of drug-likeness (QED) is 0.0473. The summed E-state index contributed by atoms with van der Waals surface area (Å²) in [6.45, 7) is 82.4. The number of allylic oxidation sites excluding steroid dienone is 5. The molecule has 20 aliphatic rings. The third-order valence-electron chi connectivity index (χ3n) is 49.4. The van der Waals surface area contributed by atoms with Crippen molar-refractivity contribution in [1.82, 2.24) is 0 Å². The normalized spacial score (nSPS) is 47.0. The second-order valence-corrected chi connectivity index (χ2v) is 75.9. The number of esters is 3. The molecule has 0 amide bonds. The molecule has 4 aliphatic heterocycles. The lowest BCUT2D eigenvalue weighted by atomic mass is 9.43. The molecule has 16 unspecified atom stereocenters. The van der Waals surface area contributed by atoms with E-state index >= 15 is 0 Å². The van der Waals surface area contributed by atoms with Crippen molar-refractivity contribution in [1.29, 1.82) is 0 Å². The summed E-state index contributed by atoms with van der Waals surface area (Å²) in [7, 11) is -1.03. The van der Waals surface area contributed by atoms with Crippen LogP contribution in [0.1, 0.15) is 400 Å². The van der Waals surface area contributed by atoms with Gasteiger partial charge in [-0.2, -0.15) is 0 Å². The summed E-state index contributed by atoms with van der Waals surface area (Å²) in [5.41, 5.74) is 5.37. The zero-order chi connectivity index (χ0) is 108. The summed E-state index contributed by atoms with van der Waals surface area (Å²) < 4.78 is 90.5. The highest BCUT2D eigenvalue weighted by atomic mass is 28.4. The molecule has 21 heteroatoms. The molecule has 0 aromatic rings. The monoisotopic (exact) mass is 2100 g/mol. The first kappa shape index (κ1) is 116. The van der Waals surface area contributed by atoms with E-state index in [0.717, 1.165) is 76.0 Å². The maximum absolute atomic E-state index is 11.9. The Hall–Kier alpha value is -2.20. The summed E-state index contributed by atoms with van der Waals surface area (Å²) in [6, 6.07) is 0. The van der Waals surface area contributed by atoms with Gasteiger partial charge in [0.25, 0.3) is 0 Å². The van der Waals surface area contributed by atoms with Crippen molar-refractivity contribution in [2.45, 2.75) is 551 Å². The first-order valence-electron chi connectivity index (χ1n) is 60.4. The number of fused-ring (bicyclic) bond motifs is 32. The van der Waals surface area contributed by atoms with Crippen molar-refractivity contribution in [2.24, 2.45) is 168 Å². The highest BCUT2D eigenvalue weighted by molar-refractivity contribution is 6.75. The van der Waals surface area contributed by atoms with Crippen LogP contribution in [0.2, 0.25) is 54.4 Å². The summed E-state index contributed by atoms with van der Waals surface area (Å²) in [5, 5.41) is 11.3. The molecule has 0 bridgehead atoms. The van der Waals surface area contributed by atoms with Crippen LogP contribution in [0.4, 0.5) is 0 Å². The number of carbonyl (C=O) groups excluding carboxylic acids is 3. The van der Waals surface area contributed by atoms with Crippen LogP contribution in [-0.4, -0.2) is 166 Å². The van der Waals surface area contributed by atoms with Crippen molar-refractivity contribution >= 4 is 42.9 Å². The molecule has 41 atom stereocenters. The van der Waals surface area contributed by atoms with Gasteiger partial charge in [-0.15, -0.1) is 0 Å². The molecule has 16 aliphatic carbocycles. The maximum atomic E-state index is 11.9. The number of hydrogen-bond donors (Lipinski definition) is 1. The predicted molar refractivity (Wildman–Crippen MR) is 593 cm³/mol. The van der Waals surface area contributed by atoms with E-state index in [4.69, 9.17) is 65.4 Å². The number of rotatable bonds is 17. The van der Waals surface area contributed by atoms with E-state index in [0.29, 0.717) is 159 Å². The Kier molecular flexibility index (Phi) is 32.0. The van der Waals surface area contributed by atoms with Gasteiger partial charge < -0.3 is 70.5 Å². The van der Waals surface area contributed by atoms with Gasteiger partial charge in [-0.3, -0.25) is 9.59 Å². The molecule has 19 fully saturated rings. The minimum absolute atomic E-state index is 0.0729. The minimum Gasteiger partial charge on any atom is -0.469 e. The van der Waals surface area contributed by atoms with E-state index in [1.54, 1.807) is 11.6 Å². The van der Waals surface area contributed by atoms with Crippen molar-refractivity contribution in [2.75, 3.05) is 21.3 Å². The lowest BCUT2D eigenvalue weighted by Gasteiger charge is -2.64. The fourth-order valence-corrected chi connectivity index (χ4v) is 43.2. The van der Waals surface area contributed by atoms with E-state index < -0.39 is 48.1 Å². The van der Waals surface area contributed by atoms with E-state index in [1.807, 2.05) is 6.08 Å². The Morgan fingerprint density at radius 2 is 0.680 bits per heavy atom. The van der Waals surface area contributed by atoms with Gasteiger partial charge in [0.1, 0.15) is 0 Å². The second kappa shape index (κ2) is 40.6. The number of methoxy groups -OCH3 is 3. The first-order valence-corrected chi connectivity index (χ1v) is 69.1. The van der Waals surface area contributed by atoms with Crippen LogP contribution >= 0.6 is 0 Å². The molecule has 4 heterocycles. The number of ether oxygens (including phenoxy) is 11. The van der Waals surface area contributed by atoms with E-state index in [-0.39, 0.29) is 116 Å². The molecular weight excluding hydrogens is 1890 g/mol. The van der Waals surface area contributed by atoms with Crippen LogP contribution in [0.25, 0.3) is 0 Å². The number of aliphatic hydroxyl groups excluding tert-OH is 1. The molecule has 18 nitrogen and oxygen atoms in total. The lowest BCUT2D eigenvalue weighted by Crippen LogP contribution is -2.64. The smallest absolute Gasteiger partial charge is 0.330 e. The Morgan fingerprint density at radius 1 is 0.374 bits per heavy atom. The van der Waals surface area contributed by atoms with Gasteiger partial charge in [-0.05, 0) is 471 Å². The van der Waals surface area contributed by atoms with Crippen LogP contribution in [0, 0.1) is 168 Å². The Morgan fingerprint density at radius 3 is 1.02 bits per heavy atom. The number of hydrogen-bond acceptors (Lipinski definition) is 18. The zero-order valence-electron chi connectivity index (χ0n) is 100. The van der Waals surface area contributed by atoms with E-state index in [2.05, 4.69) is 252 Å². The molecule has 15 saturated carbocycles. The summed E-state index contributed by atoms with van der Waals surface area (Å²) >= 11 is 0. The fraction of sp³-hybridized carbons (Fsp3) is 0.929. The van der Waals surface area contributed by atoms with Gasteiger partial charge in [0.05, 0.1) is 76.3 Å². The molecule has 20 rings (SSSR count). The largest absolute Gasteiger partial charge is 0.469 e. The topological polar surface area (TPSA) is 201 Å². The fourth-order valence-electron chi connectivity index (χ4n) is 39.0. The third kappa shape index (κ3) is 20.6. The van der Waals surface area contributed by atoms with Crippen LogP contribution in [0.15, 0.2) is 35.5 Å². The van der Waals surface area contributed by atoms with Crippen LogP contribution in [0.5, 0.6) is 0 Å². The molecule has 4 saturated heterocycles. The standard InChI is InChI=1S/C34H60O5Si.C34H56O5Si.C30H52O3Si.C28H46O5/c2*1-21(12-15-27(35)36-9)23-13-14-24-28-25(17-19-33(23,24)7)34(8)18-16-22(39-40(10,11)31(2,3)4)20-26(34)29-30(28)38-32(5,6)37-29;1-11-19-12-13-21-24-22(15-17-29(19,21)7)30(8)16-14-20(33-34(9,10)27(2,3)4)18-23(30)25-26(24)32-28(5,6)31-25;1-16(7-10-22(30)31-6)18-8-9-19-23-20(12-14-27(18,19)4)28(5)13-11-17(29)15-21(28)24-25(23)33-26(2,3)32-24/h21-26,28-30H,12-20H2,1-11H3;12-13,15,21-22,24-26,28-30H,14,16-20H2,1-11H3;11,20-26H,12-18H2,1-10H3;16-21,23-25,29H,7-15H2,1-6H3/b;15-12+;19-11-;/t21-,22-,23-,24?,25?,26?,28?,29-,30-,33-,34-;21-,22-,24?,25?,26?,28?,29-,30-,33-,34-;20-,21?,22?,23?,24?,25-,26-,29-,30-;16-,17-,18-,19?,20?,21?,23?,24-,25-,27-,28-/m1111/s1. The molecule has 0 spiro atoms. The molecule has 1 N–H and O–H groups in total. The Labute approximate surface area is 897 Å². The highest BCUT2D eigenvalue weighted by Crippen LogP contribution is 2.77. The van der Waals surface area contributed by atoms with Gasteiger partial charge >= 0.3 is 17.9 Å². The molecule has 0 aromatic heterocycles. The van der Waals surface area contributed by atoms with Gasteiger partial charge in [0, 0.05) is 37.2 Å². The summed E-state index contributed by atoms with van der Waals surface area (Å²) in [6.07, 6.45) is 46.2. The van der Waals surface area contributed by atoms with Gasteiger partial charge in [0.2, 0.25) is 0 Å². The average molecular weight is 2100 g/mol. The van der Waals surface area contributed by atoms with Crippen molar-refractivity contribution in [3.05, 3.63) is 35.5 Å². The zero-order valence-corrected chi connectivity index (χ0v) is 103. The third-order valence-corrected chi connectivity index (χ3v) is 63.0. The van der Waals surface area contributed by atoms with E-state index in [9.17, 15) is 19.5 Å². The number of aliphatic hydroxyl groups is 1. The van der Waals surface area contributed by atoms with Crippen molar-refractivity contribution < 1.29 is 84.9 Å². The second-order valence-electron chi connectivity index (χ2n) is 61.6. The minimum atomic E-state index is -1.85. The predicted octanol–water partition coefficient (Wildman–Crippen LogP) is 29.9. The first-order chi connectivity index (χ1) is 68.0. The van der Waals surface area contributed by atoms with Crippen molar-refractivity contribution in [3.63, 3.8) is 0 Å². The summed E-state index contributed by atoms with van der Waals surface area (Å²) in [4.78, 5) is 35.5. The highest BCUT2D eigenvalue weighted by Gasteiger charge is 2.75. The van der Waals surface area contributed by atoms with Crippen LogP contribution in [0.3, 0.4) is 0 Å². The van der Waals surface area contributed by atoms with Crippen molar-refractivity contribution in [3.8, 4) is 0 Å². The average Bonchev–Trinajstić information content (AvgIpc) is 1.56. The van der Waals surface area contributed by atoms with Gasteiger partial charge in [-0.1, -0.05) is 168 Å².